The van der Waals surface area contributed by atoms with E-state index >= 15 is 0 Å². The van der Waals surface area contributed by atoms with Gasteiger partial charge in [0.2, 0.25) is 0 Å². The summed E-state index contributed by atoms with van der Waals surface area (Å²) in [6.45, 7) is 4.11. The highest BCUT2D eigenvalue weighted by Gasteiger charge is 2.19. The van der Waals surface area contributed by atoms with E-state index in [9.17, 15) is 5.11 Å². The number of rotatable bonds is 7. The van der Waals surface area contributed by atoms with E-state index in [1.54, 1.807) is 14.2 Å². The predicted octanol–water partition coefficient (Wildman–Crippen LogP) is 1.39. The molecule has 1 aliphatic rings. The molecule has 1 aromatic rings. The second-order valence-corrected chi connectivity index (χ2v) is 5.39. The molecular weight excluding hydrogens is 268 g/mol. The Morgan fingerprint density at radius 3 is 2.71 bits per heavy atom. The first-order chi connectivity index (χ1) is 10.2. The minimum absolute atomic E-state index is 0.156. The van der Waals surface area contributed by atoms with Gasteiger partial charge in [0.1, 0.15) is 5.75 Å². The highest BCUT2D eigenvalue weighted by atomic mass is 16.5. The van der Waals surface area contributed by atoms with Crippen LogP contribution in [0.1, 0.15) is 18.4 Å². The second kappa shape index (κ2) is 8.22. The van der Waals surface area contributed by atoms with Crippen molar-refractivity contribution in [3.05, 3.63) is 23.8 Å². The summed E-state index contributed by atoms with van der Waals surface area (Å²) in [6, 6.07) is 6.33. The molecule has 1 saturated heterocycles. The molecule has 0 radical (unpaired) electrons. The monoisotopic (exact) mass is 294 g/mol. The first-order valence-electron chi connectivity index (χ1n) is 7.54. The van der Waals surface area contributed by atoms with Gasteiger partial charge in [0.25, 0.3) is 0 Å². The summed E-state index contributed by atoms with van der Waals surface area (Å²) in [5.74, 6) is 0.900. The summed E-state index contributed by atoms with van der Waals surface area (Å²) in [4.78, 5) is 2.29. The molecule has 5 heteroatoms. The van der Waals surface area contributed by atoms with Gasteiger partial charge in [-0.05, 0) is 30.5 Å². The lowest BCUT2D eigenvalue weighted by atomic mass is 10.1. The molecule has 1 aliphatic heterocycles. The van der Waals surface area contributed by atoms with Gasteiger partial charge in [-0.25, -0.2) is 0 Å². The van der Waals surface area contributed by atoms with Gasteiger partial charge in [0.05, 0.1) is 25.5 Å². The van der Waals surface area contributed by atoms with E-state index in [1.165, 1.54) is 5.56 Å². The number of benzene rings is 1. The highest BCUT2D eigenvalue weighted by Crippen LogP contribution is 2.31. The van der Waals surface area contributed by atoms with Crippen molar-refractivity contribution in [1.82, 2.24) is 5.32 Å². The number of hydrogen-bond acceptors (Lipinski definition) is 5. The summed E-state index contributed by atoms with van der Waals surface area (Å²) in [5, 5.41) is 12.9. The molecule has 2 rings (SSSR count). The zero-order valence-electron chi connectivity index (χ0n) is 13.0. The van der Waals surface area contributed by atoms with E-state index in [0.29, 0.717) is 6.61 Å². The van der Waals surface area contributed by atoms with Gasteiger partial charge < -0.3 is 24.8 Å². The zero-order chi connectivity index (χ0) is 15.1. The smallest absolute Gasteiger partial charge is 0.142 e. The molecule has 0 atom stereocenters. The van der Waals surface area contributed by atoms with Crippen molar-refractivity contribution >= 4 is 5.69 Å². The standard InChI is InChI=1S/C16H26N2O3/c1-20-10-7-17-12-13-3-4-15(16(11-13)21-2)18-8-5-14(19)6-9-18/h3-4,11,14,17,19H,5-10,12H2,1-2H3. The molecule has 0 saturated carbocycles. The van der Waals surface area contributed by atoms with E-state index < -0.39 is 0 Å². The second-order valence-electron chi connectivity index (χ2n) is 5.39. The van der Waals surface area contributed by atoms with Crippen LogP contribution >= 0.6 is 0 Å². The van der Waals surface area contributed by atoms with Gasteiger partial charge in [-0.1, -0.05) is 6.07 Å². The van der Waals surface area contributed by atoms with Crippen LogP contribution in [0.4, 0.5) is 5.69 Å². The number of ether oxygens (including phenoxy) is 2. The van der Waals surface area contributed by atoms with E-state index in [0.717, 1.165) is 50.5 Å². The molecule has 1 heterocycles. The average molecular weight is 294 g/mol. The van der Waals surface area contributed by atoms with Crippen molar-refractivity contribution in [2.24, 2.45) is 0 Å². The number of nitrogens with zero attached hydrogens (tertiary/aromatic N) is 1. The first kappa shape index (κ1) is 16.1. The van der Waals surface area contributed by atoms with Crippen molar-refractivity contribution in [2.45, 2.75) is 25.5 Å². The van der Waals surface area contributed by atoms with Gasteiger partial charge in [0, 0.05) is 33.3 Å². The van der Waals surface area contributed by atoms with E-state index in [2.05, 4.69) is 28.4 Å². The number of piperidine rings is 1. The quantitative estimate of drug-likeness (QED) is 0.744. The van der Waals surface area contributed by atoms with Crippen molar-refractivity contribution in [3.8, 4) is 5.75 Å². The van der Waals surface area contributed by atoms with Gasteiger partial charge in [-0.15, -0.1) is 0 Å². The summed E-state index contributed by atoms with van der Waals surface area (Å²) in [5.41, 5.74) is 2.31. The molecule has 1 fully saturated rings. The molecule has 0 bridgehead atoms. The normalized spacial score (nSPS) is 16.2. The topological polar surface area (TPSA) is 54.0 Å². The number of hydrogen-bond donors (Lipinski definition) is 2. The fourth-order valence-electron chi connectivity index (χ4n) is 2.61. The third-order valence-corrected chi connectivity index (χ3v) is 3.86. The van der Waals surface area contributed by atoms with Crippen LogP contribution in [0.15, 0.2) is 18.2 Å². The van der Waals surface area contributed by atoms with Crippen LogP contribution in [0.2, 0.25) is 0 Å². The molecule has 118 valence electrons. The molecule has 0 spiro atoms. The van der Waals surface area contributed by atoms with Gasteiger partial charge in [-0.2, -0.15) is 0 Å². The molecular formula is C16H26N2O3. The summed E-state index contributed by atoms with van der Waals surface area (Å²) < 4.78 is 10.6. The molecule has 21 heavy (non-hydrogen) atoms. The van der Waals surface area contributed by atoms with Crippen LogP contribution in [0.3, 0.4) is 0 Å². The number of anilines is 1. The highest BCUT2D eigenvalue weighted by molar-refractivity contribution is 5.60. The largest absolute Gasteiger partial charge is 0.495 e. The van der Waals surface area contributed by atoms with Crippen molar-refractivity contribution < 1.29 is 14.6 Å². The Hall–Kier alpha value is -1.30. The Morgan fingerprint density at radius 1 is 1.29 bits per heavy atom. The van der Waals surface area contributed by atoms with Crippen LogP contribution in [0.25, 0.3) is 0 Å². The molecule has 0 unspecified atom stereocenters. The van der Waals surface area contributed by atoms with Crippen LogP contribution in [0, 0.1) is 0 Å². The van der Waals surface area contributed by atoms with E-state index in [1.807, 2.05) is 0 Å². The van der Waals surface area contributed by atoms with Crippen LogP contribution < -0.4 is 15.0 Å². The van der Waals surface area contributed by atoms with Crippen LogP contribution in [0.5, 0.6) is 5.75 Å². The zero-order valence-corrected chi connectivity index (χ0v) is 13.0. The lowest BCUT2D eigenvalue weighted by Crippen LogP contribution is -2.36. The predicted molar refractivity (Wildman–Crippen MR) is 84.0 cm³/mol. The van der Waals surface area contributed by atoms with Crippen molar-refractivity contribution in [1.29, 1.82) is 0 Å². The van der Waals surface area contributed by atoms with Crippen LogP contribution in [-0.4, -0.2) is 51.7 Å². The Morgan fingerprint density at radius 2 is 2.05 bits per heavy atom. The number of aliphatic hydroxyl groups is 1. The van der Waals surface area contributed by atoms with Gasteiger partial charge >= 0.3 is 0 Å². The van der Waals surface area contributed by atoms with E-state index in [-0.39, 0.29) is 6.10 Å². The number of aliphatic hydroxyl groups excluding tert-OH is 1. The number of methoxy groups -OCH3 is 2. The van der Waals surface area contributed by atoms with E-state index in [4.69, 9.17) is 9.47 Å². The molecule has 2 N–H and O–H groups in total. The Bertz CT molecular complexity index is 432. The lowest BCUT2D eigenvalue weighted by molar-refractivity contribution is 0.145. The third-order valence-electron chi connectivity index (χ3n) is 3.86. The fourth-order valence-corrected chi connectivity index (χ4v) is 2.61. The lowest BCUT2D eigenvalue weighted by Gasteiger charge is -2.32. The SMILES string of the molecule is COCCNCc1ccc(N2CCC(O)CC2)c(OC)c1. The van der Waals surface area contributed by atoms with Crippen LogP contribution in [-0.2, 0) is 11.3 Å². The van der Waals surface area contributed by atoms with Crippen molar-refractivity contribution in [3.63, 3.8) is 0 Å². The minimum Gasteiger partial charge on any atom is -0.495 e. The molecule has 1 aromatic carbocycles. The van der Waals surface area contributed by atoms with Gasteiger partial charge in [0.15, 0.2) is 0 Å². The molecule has 5 nitrogen and oxygen atoms in total. The summed E-state index contributed by atoms with van der Waals surface area (Å²) in [6.07, 6.45) is 1.49. The first-order valence-corrected chi connectivity index (χ1v) is 7.54. The summed E-state index contributed by atoms with van der Waals surface area (Å²) >= 11 is 0. The number of nitrogens with one attached hydrogen (secondary N) is 1. The maximum absolute atomic E-state index is 9.61. The molecule has 0 aliphatic carbocycles. The Kier molecular flexibility index (Phi) is 6.29. The van der Waals surface area contributed by atoms with Crippen molar-refractivity contribution in [2.75, 3.05) is 45.4 Å². The maximum atomic E-state index is 9.61. The van der Waals surface area contributed by atoms with Gasteiger partial charge in [-0.3, -0.25) is 0 Å². The Balaban J connectivity index is 1.99. The molecule has 0 aromatic heterocycles. The third kappa shape index (κ3) is 4.59. The summed E-state index contributed by atoms with van der Waals surface area (Å²) in [7, 11) is 3.41. The Labute approximate surface area is 126 Å². The minimum atomic E-state index is -0.156. The molecule has 0 amide bonds. The average Bonchev–Trinajstić information content (AvgIpc) is 2.52. The fraction of sp³-hybridized carbons (Fsp3) is 0.625. The maximum Gasteiger partial charge on any atom is 0.142 e.